The summed E-state index contributed by atoms with van der Waals surface area (Å²) in [4.78, 5) is 0. The summed E-state index contributed by atoms with van der Waals surface area (Å²) in [6, 6.07) is 8.46. The van der Waals surface area contributed by atoms with Crippen molar-refractivity contribution >= 4 is 15.9 Å². The van der Waals surface area contributed by atoms with Crippen LogP contribution in [0.3, 0.4) is 0 Å². The van der Waals surface area contributed by atoms with Crippen molar-refractivity contribution in [2.75, 3.05) is 7.05 Å². The average molecular weight is 344 g/mol. The second-order valence-corrected chi connectivity index (χ2v) is 5.29. The summed E-state index contributed by atoms with van der Waals surface area (Å²) < 4.78 is 40.5. The Morgan fingerprint density at radius 2 is 1.85 bits per heavy atom. The zero-order valence-corrected chi connectivity index (χ0v) is 12.3. The Morgan fingerprint density at radius 1 is 1.10 bits per heavy atom. The first-order chi connectivity index (χ1) is 9.52. The third-order valence-corrected chi connectivity index (χ3v) is 3.76. The molecular weight excluding hydrogens is 331 g/mol. The zero-order valence-electron chi connectivity index (χ0n) is 10.8. The quantitative estimate of drug-likeness (QED) is 0.869. The molecule has 106 valence electrons. The molecule has 0 saturated carbocycles. The maximum Gasteiger partial charge on any atom is 0.162 e. The minimum Gasteiger partial charge on any atom is -0.313 e. The molecule has 0 aliphatic rings. The second-order valence-electron chi connectivity index (χ2n) is 4.43. The fourth-order valence-electron chi connectivity index (χ4n) is 2.04. The van der Waals surface area contributed by atoms with Gasteiger partial charge in [-0.25, -0.2) is 13.2 Å². The molecule has 1 unspecified atom stereocenters. The second kappa shape index (κ2) is 6.41. The average Bonchev–Trinajstić information content (AvgIpc) is 2.44. The van der Waals surface area contributed by atoms with Crippen LogP contribution in [0.1, 0.15) is 17.2 Å². The standard InChI is InChI=1S/C15H13BrF3N/c1-20-14(9-5-6-12(17)11(16)7-9)8-10-3-2-4-13(18)15(10)19/h2-7,14,20H,8H2,1H3. The molecule has 0 saturated heterocycles. The summed E-state index contributed by atoms with van der Waals surface area (Å²) in [5.74, 6) is -2.06. The van der Waals surface area contributed by atoms with Gasteiger partial charge in [0.25, 0.3) is 0 Å². The highest BCUT2D eigenvalue weighted by atomic mass is 79.9. The van der Waals surface area contributed by atoms with E-state index >= 15 is 0 Å². The van der Waals surface area contributed by atoms with E-state index < -0.39 is 11.6 Å². The molecule has 1 N–H and O–H groups in total. The van der Waals surface area contributed by atoms with E-state index in [4.69, 9.17) is 0 Å². The van der Waals surface area contributed by atoms with Crippen LogP contribution in [0.25, 0.3) is 0 Å². The SMILES string of the molecule is CNC(Cc1cccc(F)c1F)c1ccc(F)c(Br)c1. The largest absolute Gasteiger partial charge is 0.313 e. The number of hydrogen-bond donors (Lipinski definition) is 1. The van der Waals surface area contributed by atoms with Crippen molar-refractivity contribution in [3.05, 3.63) is 69.4 Å². The molecule has 0 aliphatic heterocycles. The molecule has 0 bridgehead atoms. The fourth-order valence-corrected chi connectivity index (χ4v) is 2.44. The molecule has 20 heavy (non-hydrogen) atoms. The highest BCUT2D eigenvalue weighted by Crippen LogP contribution is 2.25. The van der Waals surface area contributed by atoms with Gasteiger partial charge in [0.15, 0.2) is 11.6 Å². The smallest absolute Gasteiger partial charge is 0.162 e. The van der Waals surface area contributed by atoms with Crippen LogP contribution in [0.2, 0.25) is 0 Å². The molecule has 2 aromatic carbocycles. The molecule has 0 fully saturated rings. The summed E-state index contributed by atoms with van der Waals surface area (Å²) in [6.07, 6.45) is 0.276. The topological polar surface area (TPSA) is 12.0 Å². The lowest BCUT2D eigenvalue weighted by atomic mass is 9.98. The van der Waals surface area contributed by atoms with Gasteiger partial charge in [-0.3, -0.25) is 0 Å². The van der Waals surface area contributed by atoms with Crippen molar-refractivity contribution in [1.82, 2.24) is 5.32 Å². The summed E-state index contributed by atoms with van der Waals surface area (Å²) >= 11 is 3.12. The van der Waals surface area contributed by atoms with Gasteiger partial charge in [-0.2, -0.15) is 0 Å². The van der Waals surface area contributed by atoms with Gasteiger partial charge in [0.05, 0.1) is 4.47 Å². The van der Waals surface area contributed by atoms with Crippen molar-refractivity contribution in [3.8, 4) is 0 Å². The Labute approximate surface area is 123 Å². The number of nitrogens with one attached hydrogen (secondary N) is 1. The first-order valence-corrected chi connectivity index (χ1v) is 6.87. The molecule has 5 heteroatoms. The highest BCUT2D eigenvalue weighted by Gasteiger charge is 2.16. The van der Waals surface area contributed by atoms with Crippen LogP contribution in [0, 0.1) is 17.5 Å². The summed E-state index contributed by atoms with van der Waals surface area (Å²) in [7, 11) is 1.72. The van der Waals surface area contributed by atoms with Crippen LogP contribution < -0.4 is 5.32 Å². The van der Waals surface area contributed by atoms with Crippen LogP contribution in [0.15, 0.2) is 40.9 Å². The van der Waals surface area contributed by atoms with Gasteiger partial charge in [0.2, 0.25) is 0 Å². The maximum absolute atomic E-state index is 13.7. The van der Waals surface area contributed by atoms with Crippen LogP contribution >= 0.6 is 15.9 Å². The Balaban J connectivity index is 2.28. The molecule has 1 nitrogen and oxygen atoms in total. The molecule has 2 aromatic rings. The summed E-state index contributed by atoms with van der Waals surface area (Å²) in [5, 5.41) is 3.03. The molecule has 0 heterocycles. The van der Waals surface area contributed by atoms with Crippen LogP contribution in [-0.4, -0.2) is 7.05 Å². The van der Waals surface area contributed by atoms with Crippen LogP contribution in [-0.2, 0) is 6.42 Å². The molecule has 0 aromatic heterocycles. The number of halogens is 4. The number of rotatable bonds is 4. The number of benzene rings is 2. The minimum absolute atomic E-state index is 0.233. The molecule has 0 radical (unpaired) electrons. The fraction of sp³-hybridized carbons (Fsp3) is 0.200. The molecule has 0 aliphatic carbocycles. The summed E-state index contributed by atoms with van der Waals surface area (Å²) in [6.45, 7) is 0. The van der Waals surface area contributed by atoms with E-state index in [2.05, 4.69) is 21.2 Å². The van der Waals surface area contributed by atoms with E-state index in [-0.39, 0.29) is 23.8 Å². The van der Waals surface area contributed by atoms with Gasteiger partial charge in [-0.15, -0.1) is 0 Å². The lowest BCUT2D eigenvalue weighted by Crippen LogP contribution is -2.19. The van der Waals surface area contributed by atoms with Crippen LogP contribution in [0.4, 0.5) is 13.2 Å². The van der Waals surface area contributed by atoms with E-state index in [9.17, 15) is 13.2 Å². The minimum atomic E-state index is -0.863. The van der Waals surface area contributed by atoms with Gasteiger partial charge < -0.3 is 5.32 Å². The predicted octanol–water partition coefficient (Wildman–Crippen LogP) is 4.37. The van der Waals surface area contributed by atoms with Crippen LogP contribution in [0.5, 0.6) is 0 Å². The normalized spacial score (nSPS) is 12.4. The van der Waals surface area contributed by atoms with E-state index in [1.807, 2.05) is 0 Å². The van der Waals surface area contributed by atoms with Crippen molar-refractivity contribution in [3.63, 3.8) is 0 Å². The Kier molecular flexibility index (Phi) is 4.83. The van der Waals surface area contributed by atoms with Gasteiger partial charge in [-0.05, 0) is 58.7 Å². The molecular formula is C15H13BrF3N. The number of likely N-dealkylation sites (N-methyl/N-ethyl adjacent to an activating group) is 1. The zero-order chi connectivity index (χ0) is 14.7. The molecule has 1 atom stereocenters. The van der Waals surface area contributed by atoms with Gasteiger partial charge >= 0.3 is 0 Å². The van der Waals surface area contributed by atoms with E-state index in [1.165, 1.54) is 12.1 Å². The monoisotopic (exact) mass is 343 g/mol. The first-order valence-electron chi connectivity index (χ1n) is 6.08. The van der Waals surface area contributed by atoms with E-state index in [0.29, 0.717) is 4.47 Å². The van der Waals surface area contributed by atoms with Gasteiger partial charge in [0, 0.05) is 6.04 Å². The van der Waals surface area contributed by atoms with Gasteiger partial charge in [-0.1, -0.05) is 18.2 Å². The first kappa shape index (κ1) is 15.1. The highest BCUT2D eigenvalue weighted by molar-refractivity contribution is 9.10. The molecule has 0 spiro atoms. The third-order valence-electron chi connectivity index (χ3n) is 3.15. The van der Waals surface area contributed by atoms with Crippen molar-refractivity contribution in [2.24, 2.45) is 0 Å². The van der Waals surface area contributed by atoms with E-state index in [0.717, 1.165) is 11.6 Å². The maximum atomic E-state index is 13.7. The lowest BCUT2D eigenvalue weighted by Gasteiger charge is -2.17. The third kappa shape index (κ3) is 3.22. The summed E-state index contributed by atoms with van der Waals surface area (Å²) in [5.41, 5.74) is 1.08. The number of hydrogen-bond acceptors (Lipinski definition) is 1. The Bertz CT molecular complexity index is 616. The van der Waals surface area contributed by atoms with Crippen molar-refractivity contribution < 1.29 is 13.2 Å². The Hall–Kier alpha value is -1.33. The van der Waals surface area contributed by atoms with Crippen molar-refractivity contribution in [1.29, 1.82) is 0 Å². The van der Waals surface area contributed by atoms with E-state index in [1.54, 1.807) is 25.2 Å². The molecule has 0 amide bonds. The van der Waals surface area contributed by atoms with Crippen molar-refractivity contribution in [2.45, 2.75) is 12.5 Å². The van der Waals surface area contributed by atoms with Gasteiger partial charge in [0.1, 0.15) is 5.82 Å². The lowest BCUT2D eigenvalue weighted by molar-refractivity contribution is 0.486. The Morgan fingerprint density at radius 3 is 2.50 bits per heavy atom. The predicted molar refractivity (Wildman–Crippen MR) is 76.0 cm³/mol. The molecule has 2 rings (SSSR count).